The summed E-state index contributed by atoms with van der Waals surface area (Å²) in [4.78, 5) is 2.50. The maximum Gasteiger partial charge on any atom is 0.0170 e. The molecule has 0 saturated carbocycles. The van der Waals surface area contributed by atoms with Crippen molar-refractivity contribution in [3.8, 4) is 0 Å². The van der Waals surface area contributed by atoms with Gasteiger partial charge in [-0.3, -0.25) is 0 Å². The second-order valence-electron chi connectivity index (χ2n) is 3.85. The molecule has 0 spiro atoms. The summed E-state index contributed by atoms with van der Waals surface area (Å²) in [6, 6.07) is 0.413. The van der Waals surface area contributed by atoms with Gasteiger partial charge in [-0.2, -0.15) is 11.8 Å². The Morgan fingerprint density at radius 1 is 1.50 bits per heavy atom. The highest BCUT2D eigenvalue weighted by Gasteiger charge is 2.21. The lowest BCUT2D eigenvalue weighted by atomic mass is 9.97. The second kappa shape index (κ2) is 5.10. The van der Waals surface area contributed by atoms with E-state index in [0.29, 0.717) is 6.04 Å². The summed E-state index contributed by atoms with van der Waals surface area (Å²) in [5.74, 6) is 2.02. The molecule has 12 heavy (non-hydrogen) atoms. The molecule has 0 aromatic carbocycles. The number of piperidine rings is 1. The van der Waals surface area contributed by atoms with Crippen molar-refractivity contribution in [3.63, 3.8) is 0 Å². The lowest BCUT2D eigenvalue weighted by molar-refractivity contribution is 0.174. The van der Waals surface area contributed by atoms with E-state index in [2.05, 4.69) is 18.1 Å². The molecule has 1 saturated heterocycles. The predicted octanol–water partition coefficient (Wildman–Crippen LogP) is 1.02. The molecule has 1 aliphatic rings. The number of likely N-dealkylation sites (tertiary alicyclic amines) is 1. The van der Waals surface area contributed by atoms with E-state index in [-0.39, 0.29) is 0 Å². The number of thioether (sulfide) groups is 1. The second-order valence-corrected chi connectivity index (χ2v) is 4.84. The Labute approximate surface area is 79.9 Å². The van der Waals surface area contributed by atoms with Crippen LogP contribution in [-0.4, -0.2) is 42.6 Å². The minimum absolute atomic E-state index is 0.413. The summed E-state index contributed by atoms with van der Waals surface area (Å²) in [6.07, 6.45) is 3.36. The highest BCUT2D eigenvalue weighted by Crippen LogP contribution is 2.14. The lowest BCUT2D eigenvalue weighted by Crippen LogP contribution is -2.46. The van der Waals surface area contributed by atoms with Crippen molar-refractivity contribution in [1.29, 1.82) is 0 Å². The SMILES string of the molecule is CSCCN1CC(C)CC(N)C1. The van der Waals surface area contributed by atoms with Gasteiger partial charge in [-0.05, 0) is 18.6 Å². The van der Waals surface area contributed by atoms with Crippen LogP contribution >= 0.6 is 11.8 Å². The van der Waals surface area contributed by atoms with Crippen molar-refractivity contribution in [2.45, 2.75) is 19.4 Å². The highest BCUT2D eigenvalue weighted by atomic mass is 32.2. The first kappa shape index (κ1) is 10.4. The zero-order chi connectivity index (χ0) is 8.97. The molecule has 0 bridgehead atoms. The molecule has 2 atom stereocenters. The molecule has 2 N–H and O–H groups in total. The molecule has 0 aromatic rings. The third kappa shape index (κ3) is 3.33. The van der Waals surface area contributed by atoms with Gasteiger partial charge in [0, 0.05) is 31.4 Å². The van der Waals surface area contributed by atoms with Crippen molar-refractivity contribution in [2.75, 3.05) is 31.6 Å². The van der Waals surface area contributed by atoms with Crippen LogP contribution < -0.4 is 5.73 Å². The molecule has 3 heteroatoms. The van der Waals surface area contributed by atoms with Crippen LogP contribution in [0.2, 0.25) is 0 Å². The predicted molar refractivity (Wildman–Crippen MR) is 56.6 cm³/mol. The summed E-state index contributed by atoms with van der Waals surface area (Å²) in [6.45, 7) is 5.85. The van der Waals surface area contributed by atoms with Crippen molar-refractivity contribution in [1.82, 2.24) is 4.90 Å². The van der Waals surface area contributed by atoms with Crippen molar-refractivity contribution >= 4 is 11.8 Å². The van der Waals surface area contributed by atoms with Crippen LogP contribution in [-0.2, 0) is 0 Å². The number of nitrogens with zero attached hydrogens (tertiary/aromatic N) is 1. The summed E-state index contributed by atoms with van der Waals surface area (Å²) >= 11 is 1.92. The monoisotopic (exact) mass is 188 g/mol. The van der Waals surface area contributed by atoms with Gasteiger partial charge in [0.25, 0.3) is 0 Å². The molecule has 2 unspecified atom stereocenters. The van der Waals surface area contributed by atoms with Crippen LogP contribution in [0.5, 0.6) is 0 Å². The number of nitrogens with two attached hydrogens (primary N) is 1. The smallest absolute Gasteiger partial charge is 0.0170 e. The van der Waals surface area contributed by atoms with Crippen LogP contribution in [0.15, 0.2) is 0 Å². The number of hydrogen-bond acceptors (Lipinski definition) is 3. The van der Waals surface area contributed by atoms with Gasteiger partial charge < -0.3 is 10.6 Å². The van der Waals surface area contributed by atoms with E-state index >= 15 is 0 Å². The highest BCUT2D eigenvalue weighted by molar-refractivity contribution is 7.98. The number of rotatable bonds is 3. The van der Waals surface area contributed by atoms with Gasteiger partial charge >= 0.3 is 0 Å². The standard InChI is InChI=1S/C9H20N2S/c1-8-5-9(10)7-11(6-8)3-4-12-2/h8-9H,3-7,10H2,1-2H3. The average Bonchev–Trinajstić information content (AvgIpc) is 1.99. The van der Waals surface area contributed by atoms with Gasteiger partial charge in [0.05, 0.1) is 0 Å². The molecule has 0 aliphatic carbocycles. The van der Waals surface area contributed by atoms with Crippen LogP contribution in [0, 0.1) is 5.92 Å². The quantitative estimate of drug-likeness (QED) is 0.717. The Hall–Kier alpha value is 0.270. The van der Waals surface area contributed by atoms with Crippen molar-refractivity contribution < 1.29 is 0 Å². The summed E-state index contributed by atoms with van der Waals surface area (Å²) in [5.41, 5.74) is 5.94. The van der Waals surface area contributed by atoms with Gasteiger partial charge in [0.2, 0.25) is 0 Å². The number of hydrogen-bond donors (Lipinski definition) is 1. The summed E-state index contributed by atoms with van der Waals surface area (Å²) < 4.78 is 0. The minimum Gasteiger partial charge on any atom is -0.327 e. The average molecular weight is 188 g/mol. The normalized spacial score (nSPS) is 32.2. The maximum atomic E-state index is 5.94. The van der Waals surface area contributed by atoms with Crippen LogP contribution in [0.25, 0.3) is 0 Å². The zero-order valence-electron chi connectivity index (χ0n) is 8.12. The first-order valence-electron chi connectivity index (χ1n) is 4.69. The van der Waals surface area contributed by atoms with Crippen LogP contribution in [0.4, 0.5) is 0 Å². The lowest BCUT2D eigenvalue weighted by Gasteiger charge is -2.34. The summed E-state index contributed by atoms with van der Waals surface area (Å²) in [7, 11) is 0. The molecule has 1 heterocycles. The van der Waals surface area contributed by atoms with E-state index in [1.807, 2.05) is 11.8 Å². The summed E-state index contributed by atoms with van der Waals surface area (Å²) in [5, 5.41) is 0. The van der Waals surface area contributed by atoms with Crippen molar-refractivity contribution in [3.05, 3.63) is 0 Å². The third-order valence-corrected chi connectivity index (χ3v) is 2.97. The fraction of sp³-hybridized carbons (Fsp3) is 1.00. The molecule has 0 aromatic heterocycles. The minimum atomic E-state index is 0.413. The van der Waals surface area contributed by atoms with Gasteiger partial charge in [0.1, 0.15) is 0 Å². The largest absolute Gasteiger partial charge is 0.327 e. The fourth-order valence-corrected chi connectivity index (χ4v) is 2.36. The van der Waals surface area contributed by atoms with E-state index in [4.69, 9.17) is 5.73 Å². The van der Waals surface area contributed by atoms with Gasteiger partial charge in [-0.15, -0.1) is 0 Å². The molecule has 72 valence electrons. The molecular formula is C9H20N2S. The third-order valence-electron chi connectivity index (χ3n) is 2.38. The van der Waals surface area contributed by atoms with Gasteiger partial charge in [0.15, 0.2) is 0 Å². The Balaban J connectivity index is 2.24. The van der Waals surface area contributed by atoms with Gasteiger partial charge in [-0.1, -0.05) is 6.92 Å². The first-order valence-corrected chi connectivity index (χ1v) is 6.08. The zero-order valence-corrected chi connectivity index (χ0v) is 8.94. The Morgan fingerprint density at radius 3 is 2.83 bits per heavy atom. The van der Waals surface area contributed by atoms with Gasteiger partial charge in [-0.25, -0.2) is 0 Å². The first-order chi connectivity index (χ1) is 5.72. The van der Waals surface area contributed by atoms with E-state index in [1.54, 1.807) is 0 Å². The molecule has 0 radical (unpaired) electrons. The maximum absolute atomic E-state index is 5.94. The molecule has 2 nitrogen and oxygen atoms in total. The van der Waals surface area contributed by atoms with E-state index in [1.165, 1.54) is 25.3 Å². The van der Waals surface area contributed by atoms with Crippen LogP contribution in [0.1, 0.15) is 13.3 Å². The molecule has 1 aliphatic heterocycles. The fourth-order valence-electron chi connectivity index (χ4n) is 1.92. The van der Waals surface area contributed by atoms with Crippen LogP contribution in [0.3, 0.4) is 0 Å². The molecular weight excluding hydrogens is 168 g/mol. The Kier molecular flexibility index (Phi) is 4.40. The van der Waals surface area contributed by atoms with Crippen molar-refractivity contribution in [2.24, 2.45) is 11.7 Å². The topological polar surface area (TPSA) is 29.3 Å². The Bertz CT molecular complexity index is 120. The molecule has 0 amide bonds. The van der Waals surface area contributed by atoms with E-state index in [0.717, 1.165) is 12.5 Å². The Morgan fingerprint density at radius 2 is 2.25 bits per heavy atom. The molecule has 1 rings (SSSR count). The van der Waals surface area contributed by atoms with E-state index in [9.17, 15) is 0 Å². The van der Waals surface area contributed by atoms with E-state index < -0.39 is 0 Å². The molecule has 1 fully saturated rings.